The summed E-state index contributed by atoms with van der Waals surface area (Å²) in [6.45, 7) is 8.16. The number of ether oxygens (including phenoxy) is 3. The molecule has 0 aromatic heterocycles. The highest BCUT2D eigenvalue weighted by Gasteiger charge is 2.50. The second-order valence-corrected chi connectivity index (χ2v) is 11.8. The maximum absolute atomic E-state index is 13.1. The van der Waals surface area contributed by atoms with Crippen LogP contribution < -0.4 is 11.1 Å². The Labute approximate surface area is 235 Å². The summed E-state index contributed by atoms with van der Waals surface area (Å²) in [5.74, 6) is -3.94. The van der Waals surface area contributed by atoms with E-state index in [1.807, 2.05) is 19.9 Å². The lowest BCUT2D eigenvalue weighted by atomic mass is 9.81. The van der Waals surface area contributed by atoms with Crippen molar-refractivity contribution >= 4 is 5.91 Å². The Hall–Kier alpha value is -1.23. The average molecular weight is 579 g/mol. The van der Waals surface area contributed by atoms with Crippen molar-refractivity contribution in [3.8, 4) is 0 Å². The number of rotatable bonds is 13. The number of allylic oxidation sites excluding steroid dienone is 1. The van der Waals surface area contributed by atoms with Gasteiger partial charge in [0.05, 0.1) is 61.3 Å². The largest absolute Gasteiger partial charge is 0.394 e. The highest BCUT2D eigenvalue weighted by atomic mass is 16.7. The number of amides is 1. The fraction of sp³-hybridized carbons (Fsp3) is 0.889. The van der Waals surface area contributed by atoms with Crippen LogP contribution in [0.1, 0.15) is 53.9 Å². The molecule has 0 bridgehead atoms. The zero-order chi connectivity index (χ0) is 30.4. The number of hydrogen-bond acceptors (Lipinski definition) is 12. The summed E-state index contributed by atoms with van der Waals surface area (Å²) in [6, 6.07) is -1.03. The SMILES string of the molecule is CC(C)/C=C/[C@@H](C[C@@H]1O[C@](O)(C[C@@H](O)C(C)C)C[C@H](O)[C@H]1C(=O)NC[C@H](O)CO)OC1OC(C)C(O)C(N)C1O. The van der Waals surface area contributed by atoms with E-state index in [9.17, 15) is 35.4 Å². The lowest BCUT2D eigenvalue weighted by Gasteiger charge is -2.46. The third kappa shape index (κ3) is 9.66. The molecule has 0 saturated carbocycles. The maximum Gasteiger partial charge on any atom is 0.228 e. The van der Waals surface area contributed by atoms with Gasteiger partial charge in [0.15, 0.2) is 12.1 Å². The van der Waals surface area contributed by atoms with Gasteiger partial charge in [0.25, 0.3) is 0 Å². The van der Waals surface area contributed by atoms with Crippen molar-refractivity contribution in [1.29, 1.82) is 0 Å². The van der Waals surface area contributed by atoms with Gasteiger partial charge in [-0.05, 0) is 18.8 Å². The van der Waals surface area contributed by atoms with Crippen molar-refractivity contribution in [1.82, 2.24) is 5.32 Å². The number of nitrogens with two attached hydrogens (primary N) is 1. The first-order valence-electron chi connectivity index (χ1n) is 14.0. The molecule has 0 radical (unpaired) electrons. The van der Waals surface area contributed by atoms with Gasteiger partial charge in [-0.2, -0.15) is 0 Å². The average Bonchev–Trinajstić information content (AvgIpc) is 2.86. The smallest absolute Gasteiger partial charge is 0.228 e. The summed E-state index contributed by atoms with van der Waals surface area (Å²) < 4.78 is 17.8. The summed E-state index contributed by atoms with van der Waals surface area (Å²) in [6.07, 6.45) is -7.09. The predicted octanol–water partition coefficient (Wildman–Crippen LogP) is -1.90. The first-order chi connectivity index (χ1) is 18.6. The van der Waals surface area contributed by atoms with E-state index in [-0.39, 0.29) is 37.6 Å². The van der Waals surface area contributed by atoms with Crippen LogP contribution in [0.15, 0.2) is 12.2 Å². The number of aliphatic hydroxyl groups excluding tert-OH is 6. The molecular formula is C27H50N2O11. The minimum Gasteiger partial charge on any atom is -0.394 e. The van der Waals surface area contributed by atoms with Gasteiger partial charge in [0.1, 0.15) is 6.10 Å². The quantitative estimate of drug-likeness (QED) is 0.109. The van der Waals surface area contributed by atoms with Crippen molar-refractivity contribution in [2.24, 2.45) is 23.5 Å². The van der Waals surface area contributed by atoms with Gasteiger partial charge in [-0.1, -0.05) is 39.8 Å². The zero-order valence-corrected chi connectivity index (χ0v) is 24.0. The highest BCUT2D eigenvalue weighted by Crippen LogP contribution is 2.38. The molecule has 0 spiro atoms. The van der Waals surface area contributed by atoms with E-state index >= 15 is 0 Å². The normalized spacial score (nSPS) is 37.6. The Bertz CT molecular complexity index is 815. The Kier molecular flexibility index (Phi) is 13.4. The first kappa shape index (κ1) is 35.0. The van der Waals surface area contributed by atoms with Gasteiger partial charge < -0.3 is 61.0 Å². The summed E-state index contributed by atoms with van der Waals surface area (Å²) in [4.78, 5) is 13.1. The Morgan fingerprint density at radius 3 is 2.38 bits per heavy atom. The van der Waals surface area contributed by atoms with Crippen LogP contribution >= 0.6 is 0 Å². The highest BCUT2D eigenvalue weighted by molar-refractivity contribution is 5.80. The van der Waals surface area contributed by atoms with Crippen molar-refractivity contribution in [3.63, 3.8) is 0 Å². The number of hydrogen-bond donors (Lipinski definition) is 9. The molecule has 2 aliphatic heterocycles. The van der Waals surface area contributed by atoms with Crippen LogP contribution in [0.3, 0.4) is 0 Å². The summed E-state index contributed by atoms with van der Waals surface area (Å²) >= 11 is 0. The van der Waals surface area contributed by atoms with E-state index in [0.717, 1.165) is 0 Å². The van der Waals surface area contributed by atoms with E-state index in [1.165, 1.54) is 0 Å². The molecule has 2 aliphatic rings. The molecule has 40 heavy (non-hydrogen) atoms. The molecule has 13 heteroatoms. The summed E-state index contributed by atoms with van der Waals surface area (Å²) in [5.41, 5.74) is 5.96. The third-order valence-corrected chi connectivity index (χ3v) is 7.42. The molecule has 10 N–H and O–H groups in total. The van der Waals surface area contributed by atoms with Crippen LogP contribution in [0, 0.1) is 17.8 Å². The van der Waals surface area contributed by atoms with Gasteiger partial charge >= 0.3 is 0 Å². The van der Waals surface area contributed by atoms with Crippen LogP contribution in [-0.4, -0.2) is 122 Å². The summed E-state index contributed by atoms with van der Waals surface area (Å²) in [5, 5.41) is 74.8. The monoisotopic (exact) mass is 578 g/mol. The molecule has 2 fully saturated rings. The fourth-order valence-corrected chi connectivity index (χ4v) is 4.85. The second kappa shape index (κ2) is 15.3. The fourth-order valence-electron chi connectivity index (χ4n) is 4.85. The maximum atomic E-state index is 13.1. The first-order valence-corrected chi connectivity index (χ1v) is 14.0. The molecule has 234 valence electrons. The topological polar surface area (TPSA) is 224 Å². The minimum absolute atomic E-state index is 0.0836. The van der Waals surface area contributed by atoms with Crippen LogP contribution in [0.25, 0.3) is 0 Å². The predicted molar refractivity (Wildman–Crippen MR) is 143 cm³/mol. The van der Waals surface area contributed by atoms with Crippen molar-refractivity contribution < 1.29 is 54.8 Å². The molecule has 2 rings (SSSR count). The molecule has 13 nitrogen and oxygen atoms in total. The molecule has 0 aromatic carbocycles. The number of aliphatic hydroxyl groups is 7. The van der Waals surface area contributed by atoms with Crippen LogP contribution in [0.5, 0.6) is 0 Å². The molecule has 0 aliphatic carbocycles. The van der Waals surface area contributed by atoms with Crippen LogP contribution in [0.4, 0.5) is 0 Å². The lowest BCUT2D eigenvalue weighted by molar-refractivity contribution is -0.307. The number of carbonyl (C=O) groups excluding carboxylic acids is 1. The molecule has 5 unspecified atom stereocenters. The number of nitrogens with one attached hydrogen (secondary N) is 1. The second-order valence-electron chi connectivity index (χ2n) is 11.8. The van der Waals surface area contributed by atoms with Gasteiger partial charge in [0.2, 0.25) is 5.91 Å². The third-order valence-electron chi connectivity index (χ3n) is 7.42. The van der Waals surface area contributed by atoms with E-state index < -0.39 is 85.4 Å². The Morgan fingerprint density at radius 1 is 1.15 bits per heavy atom. The van der Waals surface area contributed by atoms with Crippen LogP contribution in [-0.2, 0) is 19.0 Å². The Balaban J connectivity index is 2.36. The van der Waals surface area contributed by atoms with Gasteiger partial charge in [-0.3, -0.25) is 4.79 Å². The van der Waals surface area contributed by atoms with Crippen molar-refractivity contribution in [3.05, 3.63) is 12.2 Å². The lowest BCUT2D eigenvalue weighted by Crippen LogP contribution is -2.62. The van der Waals surface area contributed by atoms with Crippen LogP contribution in [0.2, 0.25) is 0 Å². The molecule has 1 amide bonds. The van der Waals surface area contributed by atoms with Crippen molar-refractivity contribution in [2.45, 2.75) is 121 Å². The number of carbonyl (C=O) groups is 1. The van der Waals surface area contributed by atoms with E-state index in [1.54, 1.807) is 26.8 Å². The molecule has 2 saturated heterocycles. The molecular weight excluding hydrogens is 528 g/mol. The molecule has 0 aromatic rings. The van der Waals surface area contributed by atoms with Crippen molar-refractivity contribution in [2.75, 3.05) is 13.2 Å². The summed E-state index contributed by atoms with van der Waals surface area (Å²) in [7, 11) is 0. The van der Waals surface area contributed by atoms with E-state index in [0.29, 0.717) is 0 Å². The zero-order valence-electron chi connectivity index (χ0n) is 24.0. The molecule has 12 atom stereocenters. The standard InChI is InChI=1S/C27H50N2O11/c1-13(2)6-7-17(39-26-24(35)22(28)23(34)15(5)38-26)8-20-21(25(36)29-11-16(31)12-30)19(33)10-27(37,40-20)9-18(32)14(3)4/h6-7,13-24,26,30-35,37H,8-12,28H2,1-5H3,(H,29,36)/b7-6+/t15?,16-,17-,18+,19-,20-,21+,22?,23?,24?,26?,27+/m0/s1. The van der Waals surface area contributed by atoms with Gasteiger partial charge in [-0.15, -0.1) is 0 Å². The van der Waals surface area contributed by atoms with E-state index in [2.05, 4.69) is 5.32 Å². The van der Waals surface area contributed by atoms with Gasteiger partial charge in [-0.25, -0.2) is 0 Å². The minimum atomic E-state index is -1.96. The Morgan fingerprint density at radius 2 is 1.80 bits per heavy atom. The van der Waals surface area contributed by atoms with E-state index in [4.69, 9.17) is 25.1 Å². The molecule has 2 heterocycles. The van der Waals surface area contributed by atoms with Gasteiger partial charge in [0, 0.05) is 25.8 Å².